The van der Waals surface area contributed by atoms with Crippen molar-refractivity contribution in [1.29, 1.82) is 0 Å². The molecule has 28 heteroatoms. The number of piperidine rings is 2. The van der Waals surface area contributed by atoms with Gasteiger partial charge in [0.15, 0.2) is 6.10 Å². The summed E-state index contributed by atoms with van der Waals surface area (Å²) in [7, 11) is 6.79. The van der Waals surface area contributed by atoms with E-state index in [1.54, 1.807) is 85.7 Å². The Morgan fingerprint density at radius 2 is 0.814 bits per heavy atom. The minimum Gasteiger partial charge on any atom is -0.450 e. The van der Waals surface area contributed by atoms with E-state index in [0.717, 1.165) is 14.7 Å². The Hall–Kier alpha value is -7.75. The Labute approximate surface area is 603 Å². The van der Waals surface area contributed by atoms with Gasteiger partial charge in [0.25, 0.3) is 5.91 Å². The number of carbonyl (C=O) groups excluding carboxylic acids is 13. The maximum Gasteiger partial charge on any atom is 0.329 e. The maximum absolute atomic E-state index is 15.5. The lowest BCUT2D eigenvalue weighted by molar-refractivity contribution is -0.171. The zero-order chi connectivity index (χ0) is 76.2. The van der Waals surface area contributed by atoms with Gasteiger partial charge in [-0.25, -0.2) is 4.79 Å². The van der Waals surface area contributed by atoms with Crippen LogP contribution in [0.5, 0.6) is 0 Å². The van der Waals surface area contributed by atoms with E-state index in [-0.39, 0.29) is 58.3 Å². The number of nitrogens with zero attached hydrogens (tertiary/aromatic N) is 9. The number of hydrogen-bond acceptors (Lipinski definition) is 16. The van der Waals surface area contributed by atoms with Crippen LogP contribution in [0.4, 0.5) is 0 Å². The van der Waals surface area contributed by atoms with E-state index in [1.165, 1.54) is 85.4 Å². The van der Waals surface area contributed by atoms with Crippen molar-refractivity contribution in [3.63, 3.8) is 0 Å². The van der Waals surface area contributed by atoms with Crippen LogP contribution < -0.4 is 16.0 Å². The predicted molar refractivity (Wildman–Crippen MR) is 379 cm³/mol. The van der Waals surface area contributed by atoms with Gasteiger partial charge in [-0.3, -0.25) is 57.5 Å². The quantitative estimate of drug-likeness (QED) is 0.199. The molecule has 0 radical (unpaired) electrons. The molecule has 570 valence electrons. The number of carbonyl (C=O) groups is 13. The van der Waals surface area contributed by atoms with Gasteiger partial charge in [-0.2, -0.15) is 0 Å². The highest BCUT2D eigenvalue weighted by molar-refractivity contribution is 6.01. The van der Waals surface area contributed by atoms with Crippen LogP contribution in [-0.2, 0) is 73.5 Å². The second-order valence-electron chi connectivity index (χ2n) is 30.2. The molecule has 1 aromatic rings. The van der Waals surface area contributed by atoms with Crippen LogP contribution in [0.15, 0.2) is 30.3 Å². The summed E-state index contributed by atoms with van der Waals surface area (Å²) in [5.74, 6) is -12.2. The number of rotatable bonds is 11. The topological polar surface area (TPSA) is 337 Å². The van der Waals surface area contributed by atoms with E-state index >= 15 is 33.6 Å². The minimum atomic E-state index is -1.67. The highest BCUT2D eigenvalue weighted by Crippen LogP contribution is 2.31. The van der Waals surface area contributed by atoms with E-state index in [4.69, 9.17) is 4.74 Å². The van der Waals surface area contributed by atoms with Gasteiger partial charge in [-0.1, -0.05) is 112 Å². The van der Waals surface area contributed by atoms with E-state index in [0.29, 0.717) is 56.9 Å². The van der Waals surface area contributed by atoms with Gasteiger partial charge in [0.2, 0.25) is 65.0 Å². The van der Waals surface area contributed by atoms with Crippen LogP contribution in [0.1, 0.15) is 173 Å². The zero-order valence-electron chi connectivity index (χ0n) is 63.6. The number of nitrogens with one attached hydrogen (secondary N) is 3. The Morgan fingerprint density at radius 1 is 0.402 bits per heavy atom. The summed E-state index contributed by atoms with van der Waals surface area (Å²) in [5, 5.41) is 31.2. The Bertz CT molecular complexity index is 3170. The number of amides is 12. The third kappa shape index (κ3) is 18.8. The molecule has 102 heavy (non-hydrogen) atoms. The van der Waals surface area contributed by atoms with Crippen molar-refractivity contribution >= 4 is 76.9 Å². The molecule has 6 rings (SSSR count). The Balaban J connectivity index is 1.43. The summed E-state index contributed by atoms with van der Waals surface area (Å²) in [4.78, 5) is 206. The molecule has 28 nitrogen and oxygen atoms in total. The van der Waals surface area contributed by atoms with Crippen molar-refractivity contribution < 1.29 is 77.3 Å². The van der Waals surface area contributed by atoms with E-state index in [1.807, 2.05) is 13.8 Å². The fraction of sp³-hybridized carbons (Fsp3) is 0.743. The highest BCUT2D eigenvalue weighted by Gasteiger charge is 2.50. The lowest BCUT2D eigenvalue weighted by Gasteiger charge is -2.43. The predicted octanol–water partition coefficient (Wildman–Crippen LogP) is 2.33. The molecule has 5 saturated heterocycles. The van der Waals surface area contributed by atoms with Crippen molar-refractivity contribution in [2.24, 2.45) is 29.6 Å². The maximum atomic E-state index is 15.5. The zero-order valence-corrected chi connectivity index (χ0v) is 63.6. The van der Waals surface area contributed by atoms with Crippen molar-refractivity contribution in [2.75, 3.05) is 61.4 Å². The number of likely N-dealkylation sites (N-methyl/N-ethyl adjacent to an activating group) is 5. The molecular weight excluding hydrogens is 1310 g/mol. The molecule has 0 aromatic heterocycles. The fourth-order valence-corrected chi connectivity index (χ4v) is 15.6. The number of benzene rings is 1. The molecule has 5 heterocycles. The molecule has 0 unspecified atom stereocenters. The first kappa shape index (κ1) is 83.2. The molecule has 0 bridgehead atoms. The van der Waals surface area contributed by atoms with Crippen LogP contribution >= 0.6 is 0 Å². The molecule has 5 aliphatic heterocycles. The van der Waals surface area contributed by atoms with Gasteiger partial charge in [0.1, 0.15) is 72.5 Å². The first-order valence-electron chi connectivity index (χ1n) is 37.0. The third-order valence-corrected chi connectivity index (χ3v) is 21.8. The summed E-state index contributed by atoms with van der Waals surface area (Å²) in [6.45, 7) is 21.9. The summed E-state index contributed by atoms with van der Waals surface area (Å²) in [6, 6.07) is -6.56. The highest BCUT2D eigenvalue weighted by atomic mass is 16.6. The molecule has 17 atom stereocenters. The molecular formula is C74H118N12O16. The third-order valence-electron chi connectivity index (χ3n) is 21.8. The number of aliphatic hydroxyl groups is 2. The number of hydrogen-bond donors (Lipinski definition) is 5. The standard InChI is InChI=1S/C74H118N12O16/c1-19-44(9)56-69(96)83-36-26-24-32-50(83)62(89)75-46(11)65(92)85-39-29-35-52(85)66(93)81(17)60(47(12)87)64(91)76-55(41(3)4)68(95)82(18)61(48(13)88)71(98)79(15)57(42(5)6)70(97)80(16)59(45(10)20-2)73(100)86-37-27-25-33-53(86)74(101)102-54(40-49-30-22-21-23-31-49)67(94)78(14)58(43(7)8)72(99)84-38-28-34-51(84)63(90)77-56/h21-23,30-31,41-48,50-61,87-88H,19-20,24-29,32-40H2,1-18H3,(H,75,89)(H,76,91)(H,77,90)/t44-,45+,46-,47-,48-,50-,51-,52-,53-,54+,55-,56-,57-,58-,59+,60-,61-/m0/s1. The largest absolute Gasteiger partial charge is 0.450 e. The van der Waals surface area contributed by atoms with Gasteiger partial charge in [-0.15, -0.1) is 0 Å². The average Bonchev–Trinajstić information content (AvgIpc) is 1.01. The minimum absolute atomic E-state index is 0.0803. The Kier molecular flexibility index (Phi) is 29.9. The monoisotopic (exact) mass is 1430 g/mol. The van der Waals surface area contributed by atoms with Crippen LogP contribution in [0, 0.1) is 29.6 Å². The second-order valence-corrected chi connectivity index (χ2v) is 30.2. The smallest absolute Gasteiger partial charge is 0.329 e. The molecule has 1 aromatic carbocycles. The lowest BCUT2D eigenvalue weighted by Crippen LogP contribution is -2.64. The number of ether oxygens (including phenoxy) is 1. The van der Waals surface area contributed by atoms with Gasteiger partial charge in [0.05, 0.1) is 12.2 Å². The van der Waals surface area contributed by atoms with Crippen molar-refractivity contribution in [3.05, 3.63) is 35.9 Å². The van der Waals surface area contributed by atoms with Crippen molar-refractivity contribution in [2.45, 2.75) is 264 Å². The van der Waals surface area contributed by atoms with E-state index < -0.39 is 197 Å². The summed E-state index contributed by atoms with van der Waals surface area (Å²) in [5.41, 5.74) is 0.621. The van der Waals surface area contributed by atoms with Gasteiger partial charge >= 0.3 is 5.97 Å². The molecule has 5 aliphatic rings. The van der Waals surface area contributed by atoms with Gasteiger partial charge in [0, 0.05) is 67.8 Å². The van der Waals surface area contributed by atoms with Crippen LogP contribution in [0.2, 0.25) is 0 Å². The summed E-state index contributed by atoms with van der Waals surface area (Å²) >= 11 is 0. The van der Waals surface area contributed by atoms with Crippen LogP contribution in [-0.4, -0.2) is 283 Å². The lowest BCUT2D eigenvalue weighted by atomic mass is 9.92. The molecule has 0 aliphatic carbocycles. The molecule has 5 N–H and O–H groups in total. The first-order valence-corrected chi connectivity index (χ1v) is 37.0. The van der Waals surface area contributed by atoms with Crippen LogP contribution in [0.3, 0.4) is 0 Å². The number of cyclic esters (lactones) is 1. The summed E-state index contributed by atoms with van der Waals surface area (Å²) < 4.78 is 6.33. The number of aliphatic hydroxyl groups excluding tert-OH is 2. The molecule has 0 saturated carbocycles. The average molecular weight is 1430 g/mol. The SMILES string of the molecule is CC[C@@H](C)[C@@H]1C(=O)N2CCCC[C@H]2C(=O)O[C@H](Cc2ccccc2)C(=O)N(C)[C@@H](C(C)C)C(=O)N2CCC[C@H]2C(=O)N[C@@H]([C@@H](C)CC)C(=O)N2CCCC[C@H]2C(=O)N[C@@H](C)C(=O)N2CCC[C@H]2C(=O)N(C)[C@@H]([C@H](C)O)C(=O)N[C@@H](C(C)C)C(=O)N(C)[C@@H]([C@H](C)O)C(=O)N(C)[C@@H](C(C)C)C(=O)N1C. The number of esters is 1. The molecule has 5 fully saturated rings. The second kappa shape index (κ2) is 36.6. The normalized spacial score (nSPS) is 30.1. The molecule has 12 amide bonds. The summed E-state index contributed by atoms with van der Waals surface area (Å²) in [6.07, 6.45) is -0.392. The number of fused-ring (bicyclic) bond motifs is 4. The van der Waals surface area contributed by atoms with Crippen LogP contribution in [0.25, 0.3) is 0 Å². The van der Waals surface area contributed by atoms with Crippen molar-refractivity contribution in [3.8, 4) is 0 Å². The van der Waals surface area contributed by atoms with Gasteiger partial charge < -0.3 is 75.0 Å². The van der Waals surface area contributed by atoms with Crippen molar-refractivity contribution in [1.82, 2.24) is 60.0 Å². The molecule has 0 spiro atoms. The Morgan fingerprint density at radius 3 is 1.34 bits per heavy atom. The van der Waals surface area contributed by atoms with Gasteiger partial charge in [-0.05, 0) is 120 Å². The van der Waals surface area contributed by atoms with E-state index in [9.17, 15) is 39.0 Å². The fourth-order valence-electron chi connectivity index (χ4n) is 15.6. The first-order chi connectivity index (χ1) is 48.0. The van der Waals surface area contributed by atoms with E-state index in [2.05, 4.69) is 16.0 Å².